The number of para-hydroxylation sites is 3. The average molecular weight is 266 g/mol. The molecule has 0 aliphatic rings. The van der Waals surface area contributed by atoms with Crippen molar-refractivity contribution in [2.24, 2.45) is 0 Å². The normalized spacial score (nSPS) is 10.1. The Kier molecular flexibility index (Phi) is 3.34. The van der Waals surface area contributed by atoms with Gasteiger partial charge in [-0.15, -0.1) is 0 Å². The molecule has 0 amide bonds. The highest BCUT2D eigenvalue weighted by molar-refractivity contribution is 6.32. The lowest BCUT2D eigenvalue weighted by Crippen LogP contribution is -1.94. The van der Waals surface area contributed by atoms with Gasteiger partial charge in [-0.05, 0) is 24.3 Å². The molecular formula is C12H8ClNO4. The van der Waals surface area contributed by atoms with Gasteiger partial charge in [0.1, 0.15) is 5.02 Å². The van der Waals surface area contributed by atoms with Gasteiger partial charge in [0.25, 0.3) is 0 Å². The maximum Gasteiger partial charge on any atom is 0.329 e. The van der Waals surface area contributed by atoms with E-state index in [0.717, 1.165) is 0 Å². The van der Waals surface area contributed by atoms with Crippen LogP contribution in [0.2, 0.25) is 5.02 Å². The molecule has 0 bridgehead atoms. The molecule has 0 atom stereocenters. The van der Waals surface area contributed by atoms with Crippen LogP contribution < -0.4 is 4.74 Å². The quantitative estimate of drug-likeness (QED) is 0.678. The maximum absolute atomic E-state index is 10.9. The minimum Gasteiger partial charge on any atom is -0.504 e. The predicted octanol–water partition coefficient (Wildman–Crippen LogP) is 3.75. The van der Waals surface area contributed by atoms with Crippen molar-refractivity contribution >= 4 is 17.3 Å². The van der Waals surface area contributed by atoms with Crippen LogP contribution in [0.1, 0.15) is 0 Å². The van der Waals surface area contributed by atoms with Gasteiger partial charge >= 0.3 is 5.69 Å². The third kappa shape index (κ3) is 2.36. The lowest BCUT2D eigenvalue weighted by atomic mass is 10.3. The topological polar surface area (TPSA) is 72.6 Å². The molecule has 5 nitrogen and oxygen atoms in total. The van der Waals surface area contributed by atoms with E-state index in [1.54, 1.807) is 12.1 Å². The van der Waals surface area contributed by atoms with Crippen LogP contribution >= 0.6 is 11.6 Å². The second-order valence-corrected chi connectivity index (χ2v) is 3.82. The summed E-state index contributed by atoms with van der Waals surface area (Å²) in [6.45, 7) is 0. The van der Waals surface area contributed by atoms with Gasteiger partial charge in [0.2, 0.25) is 5.75 Å². The molecule has 0 heterocycles. The minimum absolute atomic E-state index is 0.0194. The van der Waals surface area contributed by atoms with Gasteiger partial charge in [-0.2, -0.15) is 0 Å². The number of rotatable bonds is 3. The summed E-state index contributed by atoms with van der Waals surface area (Å²) >= 11 is 5.75. The van der Waals surface area contributed by atoms with E-state index in [4.69, 9.17) is 16.3 Å². The summed E-state index contributed by atoms with van der Waals surface area (Å²) < 4.78 is 5.31. The fraction of sp³-hybridized carbons (Fsp3) is 0. The Bertz CT molecular complexity index is 600. The van der Waals surface area contributed by atoms with E-state index in [9.17, 15) is 15.2 Å². The van der Waals surface area contributed by atoms with Gasteiger partial charge in [0.05, 0.1) is 4.92 Å². The van der Waals surface area contributed by atoms with E-state index in [0.29, 0.717) is 0 Å². The van der Waals surface area contributed by atoms with Crippen molar-refractivity contribution in [1.82, 2.24) is 0 Å². The summed E-state index contributed by atoms with van der Waals surface area (Å²) in [6, 6.07) is 10.5. The zero-order valence-electron chi connectivity index (χ0n) is 9.04. The first-order valence-electron chi connectivity index (χ1n) is 4.98. The number of phenols is 1. The summed E-state index contributed by atoms with van der Waals surface area (Å²) in [4.78, 5) is 10.3. The highest BCUT2D eigenvalue weighted by Crippen LogP contribution is 2.39. The van der Waals surface area contributed by atoms with Crippen LogP contribution in [-0.2, 0) is 0 Å². The largest absolute Gasteiger partial charge is 0.504 e. The third-order valence-corrected chi connectivity index (χ3v) is 2.52. The van der Waals surface area contributed by atoms with Crippen LogP contribution in [0.25, 0.3) is 0 Å². The smallest absolute Gasteiger partial charge is 0.329 e. The standard InChI is InChI=1S/C12H8ClNO4/c13-8-4-3-7-11(12(8)14(16)17)18-10-6-2-1-5-9(10)15/h1-7,15H. The second kappa shape index (κ2) is 4.93. The average Bonchev–Trinajstić information content (AvgIpc) is 2.31. The Hall–Kier alpha value is -2.27. The van der Waals surface area contributed by atoms with Crippen molar-refractivity contribution in [1.29, 1.82) is 0 Å². The SMILES string of the molecule is O=[N+]([O-])c1c(Cl)cccc1Oc1ccccc1O. The van der Waals surface area contributed by atoms with Crippen LogP contribution in [0.3, 0.4) is 0 Å². The molecule has 2 aromatic carbocycles. The second-order valence-electron chi connectivity index (χ2n) is 3.41. The molecule has 2 aromatic rings. The van der Waals surface area contributed by atoms with Gasteiger partial charge in [-0.3, -0.25) is 10.1 Å². The van der Waals surface area contributed by atoms with E-state index in [2.05, 4.69) is 0 Å². The van der Waals surface area contributed by atoms with Gasteiger partial charge in [-0.1, -0.05) is 29.8 Å². The van der Waals surface area contributed by atoms with Crippen LogP contribution in [0.5, 0.6) is 17.2 Å². The van der Waals surface area contributed by atoms with Crippen LogP contribution in [-0.4, -0.2) is 10.0 Å². The summed E-state index contributed by atoms with van der Waals surface area (Å²) in [5, 5.41) is 20.4. The van der Waals surface area contributed by atoms with Crippen LogP contribution in [0.15, 0.2) is 42.5 Å². The van der Waals surface area contributed by atoms with Crippen molar-refractivity contribution in [3.05, 3.63) is 57.6 Å². The zero-order valence-corrected chi connectivity index (χ0v) is 9.79. The fourth-order valence-electron chi connectivity index (χ4n) is 1.42. The number of hydrogen-bond donors (Lipinski definition) is 1. The lowest BCUT2D eigenvalue weighted by molar-refractivity contribution is -0.385. The molecule has 6 heteroatoms. The van der Waals surface area contributed by atoms with Crippen LogP contribution in [0, 0.1) is 10.1 Å². The maximum atomic E-state index is 10.9. The van der Waals surface area contributed by atoms with Crippen molar-refractivity contribution in [2.75, 3.05) is 0 Å². The van der Waals surface area contributed by atoms with Gasteiger partial charge in [-0.25, -0.2) is 0 Å². The third-order valence-electron chi connectivity index (χ3n) is 2.22. The number of halogens is 1. The molecular weight excluding hydrogens is 258 g/mol. The number of hydrogen-bond acceptors (Lipinski definition) is 4. The number of ether oxygens (including phenoxy) is 1. The molecule has 18 heavy (non-hydrogen) atoms. The number of nitro benzene ring substituents is 1. The van der Waals surface area contributed by atoms with Crippen molar-refractivity contribution in [3.8, 4) is 17.2 Å². The van der Waals surface area contributed by atoms with Crippen molar-refractivity contribution in [3.63, 3.8) is 0 Å². The highest BCUT2D eigenvalue weighted by atomic mass is 35.5. The lowest BCUT2D eigenvalue weighted by Gasteiger charge is -2.08. The Morgan fingerprint density at radius 3 is 2.44 bits per heavy atom. The highest BCUT2D eigenvalue weighted by Gasteiger charge is 2.20. The molecule has 0 spiro atoms. The molecule has 2 rings (SSSR count). The van der Waals surface area contributed by atoms with Gasteiger partial charge in [0.15, 0.2) is 11.5 Å². The van der Waals surface area contributed by atoms with Crippen molar-refractivity contribution in [2.45, 2.75) is 0 Å². The monoisotopic (exact) mass is 265 g/mol. The first-order chi connectivity index (χ1) is 8.59. The Morgan fingerprint density at radius 2 is 1.78 bits per heavy atom. The first kappa shape index (κ1) is 12.2. The number of nitro groups is 1. The van der Waals surface area contributed by atoms with Gasteiger partial charge < -0.3 is 9.84 Å². The molecule has 0 saturated carbocycles. The minimum atomic E-state index is -0.627. The molecule has 0 aliphatic heterocycles. The van der Waals surface area contributed by atoms with Gasteiger partial charge in [0, 0.05) is 0 Å². The molecule has 1 N–H and O–H groups in total. The zero-order chi connectivity index (χ0) is 13.1. The predicted molar refractivity (Wildman–Crippen MR) is 66.3 cm³/mol. The van der Waals surface area contributed by atoms with E-state index in [-0.39, 0.29) is 28.0 Å². The Labute approximate surface area is 107 Å². The summed E-state index contributed by atoms with van der Waals surface area (Å²) in [6.07, 6.45) is 0. The molecule has 0 aromatic heterocycles. The molecule has 92 valence electrons. The first-order valence-corrected chi connectivity index (χ1v) is 5.36. The molecule has 0 saturated heterocycles. The number of aromatic hydroxyl groups is 1. The Morgan fingerprint density at radius 1 is 1.11 bits per heavy atom. The molecule has 0 aliphatic carbocycles. The molecule has 0 unspecified atom stereocenters. The van der Waals surface area contributed by atoms with E-state index < -0.39 is 4.92 Å². The fourth-order valence-corrected chi connectivity index (χ4v) is 1.65. The summed E-state index contributed by atoms with van der Waals surface area (Å²) in [5.74, 6) is 0.00337. The molecule has 0 radical (unpaired) electrons. The Balaban J connectivity index is 2.44. The summed E-state index contributed by atoms with van der Waals surface area (Å²) in [5.41, 5.74) is -0.331. The van der Waals surface area contributed by atoms with E-state index in [1.807, 2.05) is 0 Å². The van der Waals surface area contributed by atoms with Crippen molar-refractivity contribution < 1.29 is 14.8 Å². The van der Waals surface area contributed by atoms with E-state index in [1.165, 1.54) is 30.3 Å². The number of nitrogens with zero attached hydrogens (tertiary/aromatic N) is 1. The van der Waals surface area contributed by atoms with E-state index >= 15 is 0 Å². The molecule has 0 fully saturated rings. The number of benzene rings is 2. The summed E-state index contributed by atoms with van der Waals surface area (Å²) in [7, 11) is 0. The number of phenolic OH excluding ortho intramolecular Hbond substituents is 1. The van der Waals surface area contributed by atoms with Crippen LogP contribution in [0.4, 0.5) is 5.69 Å².